The SMILES string of the molecule is CCOC(=O)c1cccc(Nc2cccc(NC)c2C=N)c1. The highest BCUT2D eigenvalue weighted by Gasteiger charge is 2.09. The van der Waals surface area contributed by atoms with Crippen molar-refractivity contribution in [1.82, 2.24) is 0 Å². The molecule has 5 nitrogen and oxygen atoms in total. The number of ether oxygens (including phenoxy) is 1. The molecule has 114 valence electrons. The predicted molar refractivity (Wildman–Crippen MR) is 89.6 cm³/mol. The normalized spacial score (nSPS) is 9.91. The fourth-order valence-electron chi connectivity index (χ4n) is 2.14. The second-order valence-electron chi connectivity index (χ2n) is 4.59. The Labute approximate surface area is 129 Å². The first-order valence-corrected chi connectivity index (χ1v) is 7.05. The second-order valence-corrected chi connectivity index (χ2v) is 4.59. The average Bonchev–Trinajstić information content (AvgIpc) is 2.55. The first-order valence-electron chi connectivity index (χ1n) is 7.05. The van der Waals surface area contributed by atoms with Gasteiger partial charge in [-0.3, -0.25) is 0 Å². The number of anilines is 3. The summed E-state index contributed by atoms with van der Waals surface area (Å²) in [4.78, 5) is 11.8. The van der Waals surface area contributed by atoms with E-state index in [2.05, 4.69) is 10.6 Å². The molecule has 0 bridgehead atoms. The van der Waals surface area contributed by atoms with Crippen LogP contribution in [0.15, 0.2) is 42.5 Å². The third-order valence-electron chi connectivity index (χ3n) is 3.17. The fourth-order valence-corrected chi connectivity index (χ4v) is 2.14. The highest BCUT2D eigenvalue weighted by Crippen LogP contribution is 2.26. The molecule has 0 amide bonds. The maximum atomic E-state index is 11.8. The molecule has 0 unspecified atom stereocenters. The van der Waals surface area contributed by atoms with Crippen molar-refractivity contribution in [3.63, 3.8) is 0 Å². The van der Waals surface area contributed by atoms with E-state index >= 15 is 0 Å². The Morgan fingerprint density at radius 3 is 2.64 bits per heavy atom. The van der Waals surface area contributed by atoms with Gasteiger partial charge >= 0.3 is 5.97 Å². The van der Waals surface area contributed by atoms with Gasteiger partial charge in [-0.2, -0.15) is 0 Å². The summed E-state index contributed by atoms with van der Waals surface area (Å²) in [6.45, 7) is 2.12. The van der Waals surface area contributed by atoms with Crippen LogP contribution >= 0.6 is 0 Å². The Balaban J connectivity index is 2.30. The van der Waals surface area contributed by atoms with Crippen molar-refractivity contribution in [2.75, 3.05) is 24.3 Å². The van der Waals surface area contributed by atoms with Crippen LogP contribution in [0.25, 0.3) is 0 Å². The van der Waals surface area contributed by atoms with Crippen LogP contribution in [0.3, 0.4) is 0 Å². The van der Waals surface area contributed by atoms with E-state index in [1.54, 1.807) is 25.1 Å². The van der Waals surface area contributed by atoms with E-state index in [1.807, 2.05) is 31.3 Å². The molecule has 0 fully saturated rings. The summed E-state index contributed by atoms with van der Waals surface area (Å²) in [5, 5.41) is 13.9. The maximum Gasteiger partial charge on any atom is 0.338 e. The monoisotopic (exact) mass is 297 g/mol. The Bertz CT molecular complexity index is 683. The van der Waals surface area contributed by atoms with Crippen molar-refractivity contribution >= 4 is 29.2 Å². The molecule has 3 N–H and O–H groups in total. The molecule has 5 heteroatoms. The van der Waals surface area contributed by atoms with Gasteiger partial charge in [-0.1, -0.05) is 12.1 Å². The molecule has 0 aliphatic heterocycles. The van der Waals surface area contributed by atoms with Crippen LogP contribution in [0, 0.1) is 5.41 Å². The first-order chi connectivity index (χ1) is 10.7. The lowest BCUT2D eigenvalue weighted by Gasteiger charge is -2.13. The zero-order valence-electron chi connectivity index (χ0n) is 12.6. The zero-order chi connectivity index (χ0) is 15.9. The third-order valence-corrected chi connectivity index (χ3v) is 3.17. The topological polar surface area (TPSA) is 74.2 Å². The minimum atomic E-state index is -0.345. The Morgan fingerprint density at radius 1 is 1.23 bits per heavy atom. The van der Waals surface area contributed by atoms with Crippen molar-refractivity contribution in [2.24, 2.45) is 0 Å². The highest BCUT2D eigenvalue weighted by molar-refractivity contribution is 5.95. The molecule has 2 rings (SSSR count). The van der Waals surface area contributed by atoms with Crippen molar-refractivity contribution < 1.29 is 9.53 Å². The third kappa shape index (κ3) is 3.44. The summed E-state index contributed by atoms with van der Waals surface area (Å²) in [6.07, 6.45) is 1.30. The molecule has 2 aromatic rings. The number of benzene rings is 2. The molecular formula is C17H19N3O2. The maximum absolute atomic E-state index is 11.8. The lowest BCUT2D eigenvalue weighted by molar-refractivity contribution is 0.0526. The summed E-state index contributed by atoms with van der Waals surface area (Å²) in [5.41, 5.74) is 3.67. The summed E-state index contributed by atoms with van der Waals surface area (Å²) in [7, 11) is 1.81. The summed E-state index contributed by atoms with van der Waals surface area (Å²) < 4.78 is 5.00. The Morgan fingerprint density at radius 2 is 1.95 bits per heavy atom. The molecule has 0 saturated carbocycles. The van der Waals surface area contributed by atoms with Crippen LogP contribution in [0.2, 0.25) is 0 Å². The predicted octanol–water partition coefficient (Wildman–Crippen LogP) is 3.65. The van der Waals surface area contributed by atoms with Gasteiger partial charge in [0.05, 0.1) is 12.2 Å². The van der Waals surface area contributed by atoms with Gasteiger partial charge in [-0.05, 0) is 37.3 Å². The molecule has 0 aliphatic carbocycles. The summed E-state index contributed by atoms with van der Waals surface area (Å²) in [5.74, 6) is -0.345. The van der Waals surface area contributed by atoms with Gasteiger partial charge in [-0.25, -0.2) is 4.79 Å². The van der Waals surface area contributed by atoms with E-state index in [0.717, 1.165) is 22.6 Å². The molecule has 0 spiro atoms. The van der Waals surface area contributed by atoms with E-state index in [9.17, 15) is 4.79 Å². The van der Waals surface area contributed by atoms with Gasteiger partial charge in [0.25, 0.3) is 0 Å². The minimum absolute atomic E-state index is 0.345. The van der Waals surface area contributed by atoms with E-state index in [1.165, 1.54) is 6.21 Å². The molecule has 0 atom stereocenters. The number of esters is 1. The van der Waals surface area contributed by atoms with Crippen LogP contribution < -0.4 is 10.6 Å². The quantitative estimate of drug-likeness (QED) is 0.562. The number of carbonyl (C=O) groups excluding carboxylic acids is 1. The molecule has 0 heterocycles. The highest BCUT2D eigenvalue weighted by atomic mass is 16.5. The van der Waals surface area contributed by atoms with E-state index in [-0.39, 0.29) is 5.97 Å². The van der Waals surface area contributed by atoms with Crippen molar-refractivity contribution in [2.45, 2.75) is 6.92 Å². The summed E-state index contributed by atoms with van der Waals surface area (Å²) in [6, 6.07) is 12.8. The first kappa shape index (κ1) is 15.6. The van der Waals surface area contributed by atoms with Crippen LogP contribution in [0.4, 0.5) is 17.1 Å². The summed E-state index contributed by atoms with van der Waals surface area (Å²) >= 11 is 0. The van der Waals surface area contributed by atoms with Crippen LogP contribution in [-0.2, 0) is 4.74 Å². The number of hydrogen-bond donors (Lipinski definition) is 3. The molecular weight excluding hydrogens is 278 g/mol. The lowest BCUT2D eigenvalue weighted by atomic mass is 10.1. The molecule has 2 aromatic carbocycles. The average molecular weight is 297 g/mol. The van der Waals surface area contributed by atoms with E-state index < -0.39 is 0 Å². The Hall–Kier alpha value is -2.82. The van der Waals surface area contributed by atoms with Crippen LogP contribution in [0.1, 0.15) is 22.8 Å². The number of hydrogen-bond acceptors (Lipinski definition) is 5. The minimum Gasteiger partial charge on any atom is -0.462 e. The molecule has 0 saturated heterocycles. The number of nitrogens with one attached hydrogen (secondary N) is 3. The van der Waals surface area contributed by atoms with Gasteiger partial charge in [0.1, 0.15) is 0 Å². The molecule has 0 aliphatic rings. The Kier molecular flexibility index (Phi) is 5.14. The van der Waals surface area contributed by atoms with Gasteiger partial charge in [0.15, 0.2) is 0 Å². The lowest BCUT2D eigenvalue weighted by Crippen LogP contribution is -2.05. The number of rotatable bonds is 6. The van der Waals surface area contributed by atoms with Gasteiger partial charge < -0.3 is 20.8 Å². The van der Waals surface area contributed by atoms with Crippen LogP contribution in [-0.4, -0.2) is 25.8 Å². The van der Waals surface area contributed by atoms with Crippen molar-refractivity contribution in [3.05, 3.63) is 53.6 Å². The van der Waals surface area contributed by atoms with Crippen molar-refractivity contribution in [1.29, 1.82) is 5.41 Å². The largest absolute Gasteiger partial charge is 0.462 e. The molecule has 22 heavy (non-hydrogen) atoms. The van der Waals surface area contributed by atoms with Gasteiger partial charge in [-0.15, -0.1) is 0 Å². The number of carbonyl (C=O) groups is 1. The van der Waals surface area contributed by atoms with Crippen molar-refractivity contribution in [3.8, 4) is 0 Å². The second kappa shape index (κ2) is 7.26. The van der Waals surface area contributed by atoms with E-state index in [4.69, 9.17) is 10.1 Å². The zero-order valence-corrected chi connectivity index (χ0v) is 12.6. The van der Waals surface area contributed by atoms with Crippen LogP contribution in [0.5, 0.6) is 0 Å². The smallest absolute Gasteiger partial charge is 0.338 e. The van der Waals surface area contributed by atoms with Gasteiger partial charge in [0.2, 0.25) is 0 Å². The van der Waals surface area contributed by atoms with Gasteiger partial charge in [0, 0.05) is 35.9 Å². The standard InChI is InChI=1S/C17H19N3O2/c1-3-22-17(21)12-6-4-7-13(10-12)20-16-9-5-8-15(19-2)14(16)11-18/h4-11,18-20H,3H2,1-2H3. The van der Waals surface area contributed by atoms with E-state index in [0.29, 0.717) is 12.2 Å². The fraction of sp³-hybridized carbons (Fsp3) is 0.176. The molecule has 0 radical (unpaired) electrons. The molecule has 0 aromatic heterocycles.